The van der Waals surface area contributed by atoms with Gasteiger partial charge in [-0.25, -0.2) is 0 Å². The highest BCUT2D eigenvalue weighted by Crippen LogP contribution is 2.29. The number of nitrogens with one attached hydrogen (secondary N) is 1. The van der Waals surface area contributed by atoms with Crippen molar-refractivity contribution < 1.29 is 18.9 Å². The molecular formula is C16H19N3O5. The number of hydrogen-bond acceptors (Lipinski definition) is 6. The monoisotopic (exact) mass is 333 g/mol. The van der Waals surface area contributed by atoms with Gasteiger partial charge in [-0.15, -0.1) is 0 Å². The second-order valence-corrected chi connectivity index (χ2v) is 5.30. The van der Waals surface area contributed by atoms with E-state index in [1.807, 2.05) is 6.07 Å². The molecule has 1 amide bonds. The number of carbonyl (C=O) groups is 1. The maximum Gasteiger partial charge on any atom is 0.271 e. The number of non-ortho nitro benzene ring substituents is 1. The van der Waals surface area contributed by atoms with Gasteiger partial charge in [0.1, 0.15) is 11.5 Å². The third kappa shape index (κ3) is 4.11. The summed E-state index contributed by atoms with van der Waals surface area (Å²) in [5, 5.41) is 13.6. The van der Waals surface area contributed by atoms with E-state index in [4.69, 9.17) is 9.15 Å². The van der Waals surface area contributed by atoms with Crippen molar-refractivity contribution in [3.05, 3.63) is 52.5 Å². The van der Waals surface area contributed by atoms with E-state index in [1.165, 1.54) is 25.3 Å². The first-order valence-electron chi connectivity index (χ1n) is 7.28. The number of anilines is 1. The van der Waals surface area contributed by atoms with E-state index in [9.17, 15) is 14.9 Å². The van der Waals surface area contributed by atoms with E-state index in [2.05, 4.69) is 5.32 Å². The summed E-state index contributed by atoms with van der Waals surface area (Å²) in [5.41, 5.74) is 0.137. The highest BCUT2D eigenvalue weighted by Gasteiger charge is 2.21. The minimum absolute atomic E-state index is 0.123. The number of likely N-dealkylation sites (N-methyl/N-ethyl adjacent to an activating group) is 1. The molecule has 0 aliphatic heterocycles. The Hall–Kier alpha value is -2.87. The van der Waals surface area contributed by atoms with Crippen LogP contribution in [0.4, 0.5) is 11.4 Å². The molecule has 1 aromatic carbocycles. The van der Waals surface area contributed by atoms with Crippen LogP contribution in [0.1, 0.15) is 12.7 Å². The summed E-state index contributed by atoms with van der Waals surface area (Å²) >= 11 is 0. The molecule has 2 aromatic rings. The van der Waals surface area contributed by atoms with Crippen LogP contribution in [0.5, 0.6) is 5.75 Å². The highest BCUT2D eigenvalue weighted by molar-refractivity contribution is 5.96. The van der Waals surface area contributed by atoms with Crippen LogP contribution in [0.2, 0.25) is 0 Å². The van der Waals surface area contributed by atoms with Crippen LogP contribution < -0.4 is 10.1 Å². The third-order valence-electron chi connectivity index (χ3n) is 3.68. The number of furan rings is 1. The van der Waals surface area contributed by atoms with Crippen molar-refractivity contribution in [2.24, 2.45) is 0 Å². The van der Waals surface area contributed by atoms with Crippen molar-refractivity contribution in [1.29, 1.82) is 0 Å². The molecule has 0 aliphatic carbocycles. The van der Waals surface area contributed by atoms with Crippen molar-refractivity contribution in [3.8, 4) is 5.75 Å². The van der Waals surface area contributed by atoms with Gasteiger partial charge in [-0.2, -0.15) is 0 Å². The SMILES string of the molecule is COc1ccc([N+](=O)[O-])cc1NC(=O)C(C)N(C)Cc1ccco1. The van der Waals surface area contributed by atoms with Gasteiger partial charge >= 0.3 is 0 Å². The minimum atomic E-state index is -0.526. The molecule has 0 bridgehead atoms. The van der Waals surface area contributed by atoms with E-state index in [-0.39, 0.29) is 17.3 Å². The summed E-state index contributed by atoms with van der Waals surface area (Å²) in [6.07, 6.45) is 1.57. The predicted octanol–water partition coefficient (Wildman–Crippen LogP) is 2.66. The quantitative estimate of drug-likeness (QED) is 0.618. The number of amides is 1. The summed E-state index contributed by atoms with van der Waals surface area (Å²) in [6.45, 7) is 2.20. The number of hydrogen-bond donors (Lipinski definition) is 1. The van der Waals surface area contributed by atoms with Gasteiger partial charge in [0.25, 0.3) is 5.69 Å². The molecule has 0 aliphatic rings. The molecule has 1 atom stereocenters. The summed E-state index contributed by atoms with van der Waals surface area (Å²) < 4.78 is 10.4. The lowest BCUT2D eigenvalue weighted by Gasteiger charge is -2.23. The van der Waals surface area contributed by atoms with Crippen LogP contribution in [0.3, 0.4) is 0 Å². The molecule has 2 rings (SSSR count). The Balaban J connectivity index is 2.10. The number of nitro benzene ring substituents is 1. The maximum atomic E-state index is 12.4. The number of carbonyl (C=O) groups excluding carboxylic acids is 1. The zero-order valence-electron chi connectivity index (χ0n) is 13.7. The molecule has 0 fully saturated rings. The van der Waals surface area contributed by atoms with Crippen LogP contribution in [-0.2, 0) is 11.3 Å². The molecule has 24 heavy (non-hydrogen) atoms. The summed E-state index contributed by atoms with van der Waals surface area (Å²) in [7, 11) is 3.22. The largest absolute Gasteiger partial charge is 0.495 e. The minimum Gasteiger partial charge on any atom is -0.495 e. The van der Waals surface area contributed by atoms with Gasteiger partial charge in [0, 0.05) is 12.1 Å². The maximum absolute atomic E-state index is 12.4. The topological polar surface area (TPSA) is 97.8 Å². The number of rotatable bonds is 7. The molecule has 0 spiro atoms. The average Bonchev–Trinajstić information content (AvgIpc) is 3.06. The zero-order valence-corrected chi connectivity index (χ0v) is 13.7. The molecular weight excluding hydrogens is 314 g/mol. The molecule has 1 unspecified atom stereocenters. The first-order chi connectivity index (χ1) is 11.4. The second-order valence-electron chi connectivity index (χ2n) is 5.30. The number of benzene rings is 1. The number of nitrogens with zero attached hydrogens (tertiary/aromatic N) is 2. The van der Waals surface area contributed by atoms with Crippen LogP contribution in [0, 0.1) is 10.1 Å². The van der Waals surface area contributed by atoms with Crippen LogP contribution >= 0.6 is 0 Å². The predicted molar refractivity (Wildman–Crippen MR) is 87.9 cm³/mol. The van der Waals surface area contributed by atoms with E-state index in [0.717, 1.165) is 5.76 Å². The van der Waals surface area contributed by atoms with Gasteiger partial charge in [0.2, 0.25) is 5.91 Å². The molecule has 0 saturated heterocycles. The second kappa shape index (κ2) is 7.60. The zero-order chi connectivity index (χ0) is 17.7. The fraction of sp³-hybridized carbons (Fsp3) is 0.312. The molecule has 8 heteroatoms. The summed E-state index contributed by atoms with van der Waals surface area (Å²) in [6, 6.07) is 7.17. The van der Waals surface area contributed by atoms with Crippen LogP contribution in [0.15, 0.2) is 41.0 Å². The fourth-order valence-electron chi connectivity index (χ4n) is 2.13. The number of nitro groups is 1. The van der Waals surface area contributed by atoms with Gasteiger partial charge in [0.05, 0.1) is 36.6 Å². The number of ether oxygens (including phenoxy) is 1. The lowest BCUT2D eigenvalue weighted by Crippen LogP contribution is -2.39. The molecule has 8 nitrogen and oxygen atoms in total. The van der Waals surface area contributed by atoms with Gasteiger partial charge in [-0.3, -0.25) is 19.8 Å². The molecule has 1 N–H and O–H groups in total. The average molecular weight is 333 g/mol. The Kier molecular flexibility index (Phi) is 5.54. The lowest BCUT2D eigenvalue weighted by atomic mass is 10.2. The molecule has 0 saturated carbocycles. The van der Waals surface area contributed by atoms with E-state index >= 15 is 0 Å². The lowest BCUT2D eigenvalue weighted by molar-refractivity contribution is -0.384. The van der Waals surface area contributed by atoms with Crippen molar-refractivity contribution in [2.45, 2.75) is 19.5 Å². The Morgan fingerprint density at radius 1 is 1.46 bits per heavy atom. The van der Waals surface area contributed by atoms with Gasteiger partial charge in [-0.05, 0) is 32.2 Å². The molecule has 1 heterocycles. The standard InChI is InChI=1S/C16H19N3O5/c1-11(18(2)10-13-5-4-8-24-13)16(20)17-14-9-12(19(21)22)6-7-15(14)23-3/h4-9,11H,10H2,1-3H3,(H,17,20). The van der Waals surface area contributed by atoms with Crippen LogP contribution in [0.25, 0.3) is 0 Å². The summed E-state index contributed by atoms with van der Waals surface area (Å²) in [4.78, 5) is 24.6. The van der Waals surface area contributed by atoms with Crippen molar-refractivity contribution in [2.75, 3.05) is 19.5 Å². The Labute approximate surface area is 139 Å². The molecule has 0 radical (unpaired) electrons. The van der Waals surface area contributed by atoms with Gasteiger partial charge in [-0.1, -0.05) is 0 Å². The highest BCUT2D eigenvalue weighted by atomic mass is 16.6. The van der Waals surface area contributed by atoms with E-state index in [0.29, 0.717) is 12.3 Å². The molecule has 128 valence electrons. The normalized spacial score (nSPS) is 12.0. The molecule has 1 aromatic heterocycles. The summed E-state index contributed by atoms with van der Waals surface area (Å²) in [5.74, 6) is 0.794. The van der Waals surface area contributed by atoms with Crippen molar-refractivity contribution >= 4 is 17.3 Å². The smallest absolute Gasteiger partial charge is 0.271 e. The number of methoxy groups -OCH3 is 1. The third-order valence-corrected chi connectivity index (χ3v) is 3.68. The first kappa shape index (κ1) is 17.5. The Bertz CT molecular complexity index is 715. The van der Waals surface area contributed by atoms with Crippen LogP contribution in [-0.4, -0.2) is 35.9 Å². The van der Waals surface area contributed by atoms with Gasteiger partial charge < -0.3 is 14.5 Å². The van der Waals surface area contributed by atoms with Crippen molar-refractivity contribution in [3.63, 3.8) is 0 Å². The van der Waals surface area contributed by atoms with Crippen molar-refractivity contribution in [1.82, 2.24) is 4.90 Å². The Morgan fingerprint density at radius 3 is 2.79 bits per heavy atom. The fourth-order valence-corrected chi connectivity index (χ4v) is 2.13. The van der Waals surface area contributed by atoms with E-state index < -0.39 is 11.0 Å². The van der Waals surface area contributed by atoms with E-state index in [1.54, 1.807) is 31.2 Å². The van der Waals surface area contributed by atoms with Gasteiger partial charge in [0.15, 0.2) is 0 Å². The Morgan fingerprint density at radius 2 is 2.21 bits per heavy atom. The first-order valence-corrected chi connectivity index (χ1v) is 7.28.